The number of nitrogens with one attached hydrogen (secondary N) is 2. The molecule has 0 spiro atoms. The molecule has 0 aromatic heterocycles. The third-order valence-electron chi connectivity index (χ3n) is 6.01. The Bertz CT molecular complexity index is 1310. The van der Waals surface area contributed by atoms with Gasteiger partial charge < -0.3 is 20.1 Å². The number of hydrogen-bond donors (Lipinski definition) is 2. The van der Waals surface area contributed by atoms with Gasteiger partial charge >= 0.3 is 26.2 Å². The van der Waals surface area contributed by atoms with E-state index in [0.29, 0.717) is 36.1 Å². The zero-order chi connectivity index (χ0) is 30.6. The minimum Gasteiger partial charge on any atom is -0.476 e. The van der Waals surface area contributed by atoms with Gasteiger partial charge in [0, 0.05) is 0 Å². The topological polar surface area (TPSA) is 76.7 Å². The van der Waals surface area contributed by atoms with Gasteiger partial charge in [-0.3, -0.25) is 9.59 Å². The number of ketones is 2. The molecule has 0 atom stereocenters. The Balaban J connectivity index is 0.000000209. The summed E-state index contributed by atoms with van der Waals surface area (Å²) in [7, 11) is 0. The zero-order valence-corrected chi connectivity index (χ0v) is 27.8. The van der Waals surface area contributed by atoms with E-state index >= 15 is 0 Å². The third-order valence-corrected chi connectivity index (χ3v) is 6.01. The van der Waals surface area contributed by atoms with Crippen molar-refractivity contribution in [1.82, 2.24) is 10.6 Å². The molecule has 6 rings (SSSR count). The summed E-state index contributed by atoms with van der Waals surface area (Å²) in [6.07, 6.45) is 13.7. The Hall–Kier alpha value is -3.96. The minimum atomic E-state index is -0.0857. The molecule has 0 saturated carbocycles. The first kappa shape index (κ1) is 35.2. The first-order chi connectivity index (χ1) is 20.0. The second kappa shape index (κ2) is 16.6. The quantitative estimate of drug-likeness (QED) is 0.256. The molecule has 0 radical (unpaired) electrons. The fourth-order valence-electron chi connectivity index (χ4n) is 3.82. The van der Waals surface area contributed by atoms with E-state index in [2.05, 4.69) is 24.5 Å². The second-order valence-corrected chi connectivity index (χ2v) is 11.2. The summed E-state index contributed by atoms with van der Waals surface area (Å²) in [6.45, 7) is 16.8. The van der Waals surface area contributed by atoms with Crippen LogP contribution in [0.3, 0.4) is 0 Å². The van der Waals surface area contributed by atoms with Crippen molar-refractivity contribution in [2.75, 3.05) is 13.2 Å². The second-order valence-electron chi connectivity index (χ2n) is 11.2. The van der Waals surface area contributed by atoms with E-state index in [1.165, 1.54) is 0 Å². The van der Waals surface area contributed by atoms with Crippen LogP contribution >= 0.6 is 0 Å². The van der Waals surface area contributed by atoms with Crippen LogP contribution in [0, 0.1) is 13.8 Å². The Kier molecular flexibility index (Phi) is 13.6. The largest absolute Gasteiger partial charge is 2.00 e. The summed E-state index contributed by atoms with van der Waals surface area (Å²) in [5.41, 5.74) is 3.19. The number of benzene rings is 2. The monoisotopic (exact) mass is 654 g/mol. The number of carbonyl (C=O) groups is 2. The van der Waals surface area contributed by atoms with Crippen molar-refractivity contribution in [3.63, 3.8) is 0 Å². The van der Waals surface area contributed by atoms with Gasteiger partial charge in [-0.25, -0.2) is 0 Å². The number of rotatable bonds is 0. The third kappa shape index (κ3) is 12.0. The maximum absolute atomic E-state index is 11.5. The molecule has 2 N–H and O–H groups in total. The van der Waals surface area contributed by atoms with Crippen molar-refractivity contribution < 1.29 is 45.3 Å². The standard InChI is InChI=1S/2C11H13NO2.2C7H7.Zr/c2*1-11(2)7-14-10(12-11)8-5-3-4-6-9(8)13;2*1-7-5-3-2-4-6-7;/h2*3-6,12H,7H2,1-2H3;2*2-6H,1H2;/q;;2*-1;+2/b2*10-8+;;;. The van der Waals surface area contributed by atoms with Gasteiger partial charge in [-0.2, -0.15) is 49.2 Å². The van der Waals surface area contributed by atoms with Gasteiger partial charge in [-0.1, -0.05) is 36.4 Å². The number of ether oxygens (including phenoxy) is 2. The average molecular weight is 656 g/mol. The molecule has 2 fully saturated rings. The first-order valence-electron chi connectivity index (χ1n) is 13.8. The van der Waals surface area contributed by atoms with Gasteiger partial charge in [-0.05, 0) is 52.0 Å². The van der Waals surface area contributed by atoms with E-state index in [-0.39, 0.29) is 48.8 Å². The summed E-state index contributed by atoms with van der Waals surface area (Å²) < 4.78 is 10.9. The fraction of sp³-hybridized carbons (Fsp3) is 0.222. The molecular formula is C36H40N2O4Zr. The van der Waals surface area contributed by atoms with Crippen LogP contribution in [0.5, 0.6) is 0 Å². The van der Waals surface area contributed by atoms with Crippen LogP contribution in [0.25, 0.3) is 0 Å². The van der Waals surface area contributed by atoms with E-state index in [1.807, 2.05) is 101 Å². The van der Waals surface area contributed by atoms with E-state index in [0.717, 1.165) is 11.1 Å². The fourth-order valence-corrected chi connectivity index (χ4v) is 3.82. The van der Waals surface area contributed by atoms with Crippen molar-refractivity contribution >= 4 is 11.6 Å². The Morgan fingerprint density at radius 1 is 0.581 bits per heavy atom. The maximum Gasteiger partial charge on any atom is 2.00 e. The van der Waals surface area contributed by atoms with Crippen molar-refractivity contribution in [3.8, 4) is 0 Å². The molecule has 222 valence electrons. The van der Waals surface area contributed by atoms with Crippen molar-refractivity contribution in [3.05, 3.63) is 157 Å². The molecule has 6 nitrogen and oxygen atoms in total. The molecule has 2 aromatic rings. The van der Waals surface area contributed by atoms with Gasteiger partial charge in [0.2, 0.25) is 0 Å². The van der Waals surface area contributed by atoms with E-state index < -0.39 is 0 Å². The zero-order valence-electron chi connectivity index (χ0n) is 25.4. The van der Waals surface area contributed by atoms with Crippen molar-refractivity contribution in [2.45, 2.75) is 38.8 Å². The molecule has 2 aliphatic heterocycles. The molecule has 0 amide bonds. The molecule has 43 heavy (non-hydrogen) atoms. The first-order valence-corrected chi connectivity index (χ1v) is 13.8. The van der Waals surface area contributed by atoms with Gasteiger partial charge in [0.15, 0.2) is 23.3 Å². The summed E-state index contributed by atoms with van der Waals surface area (Å²) in [5, 5.41) is 6.36. The van der Waals surface area contributed by atoms with Crippen molar-refractivity contribution in [2.24, 2.45) is 0 Å². The molecule has 2 heterocycles. The van der Waals surface area contributed by atoms with Gasteiger partial charge in [0.05, 0.1) is 22.2 Å². The molecule has 2 saturated heterocycles. The molecule has 4 aliphatic rings. The predicted octanol–water partition coefficient (Wildman–Crippen LogP) is 6.32. The summed E-state index contributed by atoms with van der Waals surface area (Å²) in [6, 6.07) is 19.7. The smallest absolute Gasteiger partial charge is 0.476 e. The molecule has 0 bridgehead atoms. The van der Waals surface area contributed by atoms with Crippen LogP contribution in [0.2, 0.25) is 0 Å². The van der Waals surface area contributed by atoms with Crippen LogP contribution in [0.15, 0.2) is 132 Å². The summed E-state index contributed by atoms with van der Waals surface area (Å²) in [5.74, 6) is 1.18. The Morgan fingerprint density at radius 2 is 0.907 bits per heavy atom. The van der Waals surface area contributed by atoms with Gasteiger partial charge in [-0.15, -0.1) is 24.3 Å². The summed E-state index contributed by atoms with van der Waals surface area (Å²) in [4.78, 5) is 23.0. The predicted molar refractivity (Wildman–Crippen MR) is 169 cm³/mol. The van der Waals surface area contributed by atoms with Crippen molar-refractivity contribution in [1.29, 1.82) is 0 Å². The molecule has 2 aliphatic carbocycles. The van der Waals surface area contributed by atoms with Crippen LogP contribution in [-0.2, 0) is 45.3 Å². The van der Waals surface area contributed by atoms with Gasteiger partial charge in [0.1, 0.15) is 13.2 Å². The van der Waals surface area contributed by atoms with E-state index in [1.54, 1.807) is 36.5 Å². The van der Waals surface area contributed by atoms with Gasteiger partial charge in [0.25, 0.3) is 0 Å². The van der Waals surface area contributed by atoms with Crippen LogP contribution in [0.4, 0.5) is 0 Å². The normalized spacial score (nSPS) is 21.6. The SMILES string of the molecule is CC1(C)CO/C(=C2\C=CC=CC2=O)N1.CC1(C)CO/C(=C2\C=CC=CC2=O)N1.[CH2-]c1ccccc1.[CH2-]c1ccccc1.[Zr+2]. The Labute approximate surface area is 275 Å². The summed E-state index contributed by atoms with van der Waals surface area (Å²) >= 11 is 0. The van der Waals surface area contributed by atoms with E-state index in [9.17, 15) is 9.59 Å². The molecular weight excluding hydrogens is 616 g/mol. The molecule has 2 aromatic carbocycles. The van der Waals surface area contributed by atoms with E-state index in [4.69, 9.17) is 9.47 Å². The number of carbonyl (C=O) groups excluding carboxylic acids is 2. The Morgan fingerprint density at radius 3 is 1.14 bits per heavy atom. The van der Waals surface area contributed by atoms with Crippen LogP contribution < -0.4 is 10.6 Å². The average Bonchev–Trinajstić information content (AvgIpc) is 3.51. The number of allylic oxidation sites excluding steroid dienone is 10. The molecule has 0 unspecified atom stereocenters. The molecule has 7 heteroatoms. The minimum absolute atomic E-state index is 0. The van der Waals surface area contributed by atoms with Crippen LogP contribution in [-0.4, -0.2) is 35.9 Å². The number of hydrogen-bond acceptors (Lipinski definition) is 6. The maximum atomic E-state index is 11.5. The van der Waals surface area contributed by atoms with Crippen LogP contribution in [0.1, 0.15) is 38.8 Å².